The maximum atomic E-state index is 13.4. The number of benzene rings is 4. The SMILES string of the molecule is O=C(Nc1cccc(S[C@H]2CC(=O)N(c3ccc(I)cc3)C2=O)c1)/C(=C/c1ccccc1)NC(=O)c1ccccc1. The van der Waals surface area contributed by atoms with Crippen molar-refractivity contribution in [3.63, 3.8) is 0 Å². The molecular formula is C32H24IN3O4S. The average molecular weight is 674 g/mol. The van der Waals surface area contributed by atoms with Crippen LogP contribution in [-0.2, 0) is 14.4 Å². The molecule has 1 saturated heterocycles. The van der Waals surface area contributed by atoms with Crippen LogP contribution < -0.4 is 15.5 Å². The van der Waals surface area contributed by atoms with Crippen molar-refractivity contribution < 1.29 is 19.2 Å². The summed E-state index contributed by atoms with van der Waals surface area (Å²) in [6.45, 7) is 0. The molecule has 1 aliphatic heterocycles. The molecule has 9 heteroatoms. The van der Waals surface area contributed by atoms with Crippen molar-refractivity contribution >= 4 is 75.4 Å². The summed E-state index contributed by atoms with van der Waals surface area (Å²) < 4.78 is 1.01. The first kappa shape index (κ1) is 28.3. The van der Waals surface area contributed by atoms with Crippen LogP contribution in [0.1, 0.15) is 22.3 Å². The van der Waals surface area contributed by atoms with Gasteiger partial charge >= 0.3 is 0 Å². The molecule has 204 valence electrons. The maximum absolute atomic E-state index is 13.4. The van der Waals surface area contributed by atoms with E-state index in [4.69, 9.17) is 0 Å². The van der Waals surface area contributed by atoms with E-state index in [0.717, 1.165) is 14.0 Å². The minimum Gasteiger partial charge on any atom is -0.321 e. The van der Waals surface area contributed by atoms with Gasteiger partial charge in [-0.2, -0.15) is 0 Å². The van der Waals surface area contributed by atoms with Crippen molar-refractivity contribution in [2.45, 2.75) is 16.6 Å². The van der Waals surface area contributed by atoms with Crippen LogP contribution in [0, 0.1) is 3.57 Å². The summed E-state index contributed by atoms with van der Waals surface area (Å²) >= 11 is 3.45. The van der Waals surface area contributed by atoms with E-state index < -0.39 is 17.1 Å². The molecular weight excluding hydrogens is 649 g/mol. The van der Waals surface area contributed by atoms with E-state index in [1.54, 1.807) is 60.7 Å². The molecule has 0 bridgehead atoms. The van der Waals surface area contributed by atoms with Crippen LogP contribution in [0.25, 0.3) is 6.08 Å². The minimum absolute atomic E-state index is 0.0767. The number of imide groups is 1. The molecule has 0 radical (unpaired) electrons. The fourth-order valence-electron chi connectivity index (χ4n) is 4.23. The third kappa shape index (κ3) is 7.11. The topological polar surface area (TPSA) is 95.6 Å². The molecule has 0 aromatic heterocycles. The molecule has 4 aromatic carbocycles. The van der Waals surface area contributed by atoms with Crippen LogP contribution in [0.4, 0.5) is 11.4 Å². The van der Waals surface area contributed by atoms with Gasteiger partial charge in [-0.1, -0.05) is 54.6 Å². The minimum atomic E-state index is -0.577. The van der Waals surface area contributed by atoms with Crippen molar-refractivity contribution in [3.05, 3.63) is 130 Å². The molecule has 1 fully saturated rings. The highest BCUT2D eigenvalue weighted by Gasteiger charge is 2.40. The van der Waals surface area contributed by atoms with Gasteiger partial charge in [-0.3, -0.25) is 19.2 Å². The van der Waals surface area contributed by atoms with Gasteiger partial charge in [0.2, 0.25) is 11.8 Å². The lowest BCUT2D eigenvalue weighted by Crippen LogP contribution is -2.31. The molecule has 0 saturated carbocycles. The number of carbonyl (C=O) groups excluding carboxylic acids is 4. The Morgan fingerprint density at radius 1 is 0.854 bits per heavy atom. The molecule has 41 heavy (non-hydrogen) atoms. The number of anilines is 2. The quantitative estimate of drug-likeness (QED) is 0.134. The summed E-state index contributed by atoms with van der Waals surface area (Å²) in [4.78, 5) is 54.0. The molecule has 5 rings (SSSR count). The smallest absolute Gasteiger partial charge is 0.272 e. The number of hydrogen-bond acceptors (Lipinski definition) is 5. The highest BCUT2D eigenvalue weighted by Crippen LogP contribution is 2.35. The second-order valence-corrected chi connectivity index (χ2v) is 11.6. The van der Waals surface area contributed by atoms with E-state index in [-0.39, 0.29) is 23.9 Å². The monoisotopic (exact) mass is 673 g/mol. The van der Waals surface area contributed by atoms with E-state index in [0.29, 0.717) is 16.9 Å². The first-order valence-corrected chi connectivity index (χ1v) is 14.7. The van der Waals surface area contributed by atoms with Crippen LogP contribution in [0.3, 0.4) is 0 Å². The molecule has 1 heterocycles. The first-order chi connectivity index (χ1) is 19.9. The van der Waals surface area contributed by atoms with Crippen LogP contribution in [-0.4, -0.2) is 28.9 Å². The Morgan fingerprint density at radius 3 is 2.24 bits per heavy atom. The third-order valence-corrected chi connectivity index (χ3v) is 8.10. The number of nitrogens with one attached hydrogen (secondary N) is 2. The van der Waals surface area contributed by atoms with Gasteiger partial charge in [-0.25, -0.2) is 4.90 Å². The third-order valence-electron chi connectivity index (χ3n) is 6.20. The molecule has 4 aromatic rings. The van der Waals surface area contributed by atoms with Crippen molar-refractivity contribution in [1.29, 1.82) is 0 Å². The Hall–Kier alpha value is -4.22. The second-order valence-electron chi connectivity index (χ2n) is 9.13. The fourth-order valence-corrected chi connectivity index (χ4v) is 5.70. The van der Waals surface area contributed by atoms with Crippen molar-refractivity contribution in [2.24, 2.45) is 0 Å². The standard InChI is InChI=1S/C32H24IN3O4S/c33-23-14-16-25(17-15-23)36-29(37)20-28(32(36)40)41-26-13-7-12-24(19-26)34-31(39)27(18-21-8-3-1-4-9-21)35-30(38)22-10-5-2-6-11-22/h1-19,28H,20H2,(H,34,39)(H,35,38)/b27-18-/t28-/m0/s1. The van der Waals surface area contributed by atoms with Gasteiger partial charge in [-0.05, 0) is 88.8 Å². The van der Waals surface area contributed by atoms with E-state index in [1.807, 2.05) is 54.6 Å². The van der Waals surface area contributed by atoms with Gasteiger partial charge in [-0.15, -0.1) is 11.8 Å². The Labute approximate surface area is 255 Å². The molecule has 4 amide bonds. The molecule has 0 aliphatic carbocycles. The van der Waals surface area contributed by atoms with E-state index in [1.165, 1.54) is 16.7 Å². The predicted octanol–water partition coefficient (Wildman–Crippen LogP) is 6.13. The summed E-state index contributed by atoms with van der Waals surface area (Å²) in [5.41, 5.74) is 2.29. The Bertz CT molecular complexity index is 1630. The number of nitrogens with zero attached hydrogens (tertiary/aromatic N) is 1. The lowest BCUT2D eigenvalue weighted by Gasteiger charge is -2.15. The first-order valence-electron chi connectivity index (χ1n) is 12.7. The Morgan fingerprint density at radius 2 is 1.54 bits per heavy atom. The van der Waals surface area contributed by atoms with Gasteiger partial charge in [0.15, 0.2) is 0 Å². The number of thioether (sulfide) groups is 1. The van der Waals surface area contributed by atoms with E-state index in [2.05, 4.69) is 33.2 Å². The molecule has 0 unspecified atom stereocenters. The van der Waals surface area contributed by atoms with Crippen LogP contribution in [0.15, 0.2) is 120 Å². The summed E-state index contributed by atoms with van der Waals surface area (Å²) in [7, 11) is 0. The lowest BCUT2D eigenvalue weighted by molar-refractivity contribution is -0.121. The van der Waals surface area contributed by atoms with Gasteiger partial charge in [0.25, 0.3) is 11.8 Å². The van der Waals surface area contributed by atoms with Gasteiger partial charge in [0.1, 0.15) is 5.70 Å². The van der Waals surface area contributed by atoms with Crippen LogP contribution in [0.2, 0.25) is 0 Å². The zero-order valence-corrected chi connectivity index (χ0v) is 24.6. The summed E-state index contributed by atoms with van der Waals surface area (Å²) in [5, 5.41) is 5.00. The highest BCUT2D eigenvalue weighted by atomic mass is 127. The molecule has 0 spiro atoms. The van der Waals surface area contributed by atoms with E-state index in [9.17, 15) is 19.2 Å². The predicted molar refractivity (Wildman–Crippen MR) is 169 cm³/mol. The number of halogens is 1. The number of carbonyl (C=O) groups is 4. The second kappa shape index (κ2) is 13.0. The Balaban J connectivity index is 1.31. The molecule has 2 N–H and O–H groups in total. The Kier molecular flexibility index (Phi) is 8.95. The zero-order chi connectivity index (χ0) is 28.8. The zero-order valence-electron chi connectivity index (χ0n) is 21.6. The molecule has 1 aliphatic rings. The normalized spacial score (nSPS) is 15.1. The van der Waals surface area contributed by atoms with Crippen molar-refractivity contribution in [3.8, 4) is 0 Å². The largest absolute Gasteiger partial charge is 0.321 e. The fraction of sp³-hybridized carbons (Fsp3) is 0.0625. The van der Waals surface area contributed by atoms with Gasteiger partial charge in [0, 0.05) is 26.1 Å². The summed E-state index contributed by atoms with van der Waals surface area (Å²) in [5.74, 6) is -1.43. The number of amides is 4. The number of hydrogen-bond donors (Lipinski definition) is 2. The molecule has 7 nitrogen and oxygen atoms in total. The maximum Gasteiger partial charge on any atom is 0.272 e. The van der Waals surface area contributed by atoms with E-state index >= 15 is 0 Å². The highest BCUT2D eigenvalue weighted by molar-refractivity contribution is 14.1. The van der Waals surface area contributed by atoms with Gasteiger partial charge < -0.3 is 10.6 Å². The number of rotatable bonds is 8. The van der Waals surface area contributed by atoms with Crippen molar-refractivity contribution in [1.82, 2.24) is 5.32 Å². The summed E-state index contributed by atoms with van der Waals surface area (Å²) in [6.07, 6.45) is 1.69. The molecule has 1 atom stereocenters. The van der Waals surface area contributed by atoms with Crippen LogP contribution in [0.5, 0.6) is 0 Å². The summed E-state index contributed by atoms with van der Waals surface area (Å²) in [6, 6.07) is 32.1. The lowest BCUT2D eigenvalue weighted by atomic mass is 10.1. The average Bonchev–Trinajstić information content (AvgIpc) is 3.26. The van der Waals surface area contributed by atoms with Crippen molar-refractivity contribution in [2.75, 3.05) is 10.2 Å². The van der Waals surface area contributed by atoms with Gasteiger partial charge in [0.05, 0.1) is 10.9 Å². The van der Waals surface area contributed by atoms with Crippen LogP contribution >= 0.6 is 34.4 Å².